The number of fused-ring (bicyclic) bond motifs is 19. The number of benzene rings is 10. The van der Waals surface area contributed by atoms with Gasteiger partial charge in [0.05, 0.1) is 27.5 Å². The van der Waals surface area contributed by atoms with Gasteiger partial charge in [0.15, 0.2) is 0 Å². The third-order valence-electron chi connectivity index (χ3n) is 19.7. The van der Waals surface area contributed by atoms with Crippen molar-refractivity contribution in [1.82, 2.24) is 9.13 Å². The summed E-state index contributed by atoms with van der Waals surface area (Å²) in [4.78, 5) is 0. The van der Waals surface area contributed by atoms with Gasteiger partial charge in [-0.15, -0.1) is 0 Å². The van der Waals surface area contributed by atoms with Crippen molar-refractivity contribution in [1.29, 1.82) is 0 Å². The fraction of sp³-hybridized carbons (Fsp3) is 0.215. The van der Waals surface area contributed by atoms with Crippen molar-refractivity contribution in [3.8, 4) is 22.5 Å². The third kappa shape index (κ3) is 6.62. The number of nitrogens with zero attached hydrogens (tertiary/aromatic N) is 2. The zero-order chi connectivity index (χ0) is 56.1. The Morgan fingerprint density at radius 2 is 0.556 bits per heavy atom. The van der Waals surface area contributed by atoms with E-state index in [1.54, 1.807) is 0 Å². The molecule has 0 bridgehead atoms. The van der Waals surface area contributed by atoms with E-state index in [-0.39, 0.29) is 21.7 Å². The van der Waals surface area contributed by atoms with Crippen LogP contribution in [0.3, 0.4) is 0 Å². The summed E-state index contributed by atoms with van der Waals surface area (Å²) in [5.41, 5.74) is 27.4. The molecule has 12 aromatic rings. The Labute approximate surface area is 479 Å². The average molecular weight is 1050 g/mol. The second-order valence-corrected chi connectivity index (χ2v) is 24.8. The summed E-state index contributed by atoms with van der Waals surface area (Å²) in [5.74, 6) is 0. The molecule has 0 saturated heterocycles. The Hall–Kier alpha value is -8.46. The van der Waals surface area contributed by atoms with E-state index in [2.05, 4.69) is 283 Å². The predicted octanol–water partition coefficient (Wildman–Crippen LogP) is 20.7. The highest BCUT2D eigenvalue weighted by atomic mass is 15.0. The highest BCUT2D eigenvalue weighted by Gasteiger charge is 2.50. The smallest absolute Gasteiger partial charge is 0.0726 e. The van der Waals surface area contributed by atoms with E-state index in [9.17, 15) is 0 Å². The minimum atomic E-state index is -0.658. The van der Waals surface area contributed by atoms with Gasteiger partial charge in [-0.25, -0.2) is 0 Å². The summed E-state index contributed by atoms with van der Waals surface area (Å²) in [5, 5.41) is 5.14. The number of aromatic nitrogens is 2. The zero-order valence-electron chi connectivity index (χ0n) is 49.2. The Morgan fingerprint density at radius 1 is 0.247 bits per heavy atom. The molecular weight excluding hydrogens is 977 g/mol. The van der Waals surface area contributed by atoms with Crippen molar-refractivity contribution in [2.24, 2.45) is 0 Å². The third-order valence-corrected chi connectivity index (χ3v) is 19.7. The highest BCUT2D eigenvalue weighted by Crippen LogP contribution is 2.60. The van der Waals surface area contributed by atoms with Gasteiger partial charge in [-0.3, -0.25) is 0 Å². The minimum Gasteiger partial charge on any atom is -0.309 e. The number of para-hydroxylation sites is 2. The Balaban J connectivity index is 0.00000144. The van der Waals surface area contributed by atoms with Crippen LogP contribution < -0.4 is 0 Å². The quantitative estimate of drug-likeness (QED) is 0.163. The monoisotopic (exact) mass is 1050 g/mol. The van der Waals surface area contributed by atoms with Gasteiger partial charge >= 0.3 is 0 Å². The zero-order valence-corrected chi connectivity index (χ0v) is 49.2. The fourth-order valence-electron chi connectivity index (χ4n) is 15.8. The van der Waals surface area contributed by atoms with Gasteiger partial charge < -0.3 is 9.13 Å². The minimum absolute atomic E-state index is 0.157. The van der Waals surface area contributed by atoms with Gasteiger partial charge in [0, 0.05) is 54.6 Å². The van der Waals surface area contributed by atoms with E-state index in [0.29, 0.717) is 0 Å². The first-order valence-corrected chi connectivity index (χ1v) is 29.8. The second-order valence-electron chi connectivity index (χ2n) is 24.8. The van der Waals surface area contributed by atoms with E-state index >= 15 is 0 Å². The Bertz CT molecular complexity index is 4340. The molecule has 81 heavy (non-hydrogen) atoms. The largest absolute Gasteiger partial charge is 0.309 e. The Morgan fingerprint density at radius 3 is 0.926 bits per heavy atom. The van der Waals surface area contributed by atoms with E-state index in [0.717, 1.165) is 11.4 Å². The maximum Gasteiger partial charge on any atom is 0.0726 e. The average Bonchev–Trinajstić information content (AvgIpc) is 4.11. The maximum absolute atomic E-state index is 2.57. The van der Waals surface area contributed by atoms with Crippen molar-refractivity contribution in [2.45, 2.75) is 110 Å². The van der Waals surface area contributed by atoms with Crippen LogP contribution in [-0.4, -0.2) is 9.13 Å². The molecule has 16 rings (SSSR count). The highest BCUT2D eigenvalue weighted by molar-refractivity contribution is 6.11. The molecule has 0 radical (unpaired) electrons. The molecule has 0 N–H and O–H groups in total. The molecule has 1 spiro atoms. The molecule has 2 heteroatoms. The molecule has 2 heterocycles. The molecule has 10 aromatic carbocycles. The van der Waals surface area contributed by atoms with Gasteiger partial charge in [0.2, 0.25) is 0 Å². The number of rotatable bonds is 2. The first-order chi connectivity index (χ1) is 39.2. The fourth-order valence-corrected chi connectivity index (χ4v) is 15.8. The summed E-state index contributed by atoms with van der Waals surface area (Å²) >= 11 is 0. The van der Waals surface area contributed by atoms with E-state index in [1.807, 2.05) is 27.7 Å². The lowest BCUT2D eigenvalue weighted by Gasteiger charge is -2.44. The molecule has 0 amide bonds. The van der Waals surface area contributed by atoms with Crippen LogP contribution in [0.15, 0.2) is 206 Å². The molecule has 398 valence electrons. The molecular formula is C79H72N2. The van der Waals surface area contributed by atoms with Crippen molar-refractivity contribution in [3.63, 3.8) is 0 Å². The lowest BCUT2D eigenvalue weighted by atomic mass is 9.60. The van der Waals surface area contributed by atoms with Crippen LogP contribution in [0.4, 0.5) is 0 Å². The van der Waals surface area contributed by atoms with Crippen LogP contribution in [-0.2, 0) is 27.1 Å². The van der Waals surface area contributed by atoms with Crippen molar-refractivity contribution in [2.75, 3.05) is 0 Å². The first-order valence-electron chi connectivity index (χ1n) is 29.8. The van der Waals surface area contributed by atoms with Crippen molar-refractivity contribution < 1.29 is 0 Å². The first kappa shape index (κ1) is 50.7. The number of hydrogen-bond donors (Lipinski definition) is 0. The van der Waals surface area contributed by atoms with Crippen LogP contribution in [0.25, 0.3) is 78.3 Å². The summed E-state index contributed by atoms with van der Waals surface area (Å²) in [6.07, 6.45) is 4.77. The Kier molecular flexibility index (Phi) is 11.1. The van der Waals surface area contributed by atoms with Gasteiger partial charge in [-0.05, 0) is 150 Å². The molecule has 4 aliphatic rings. The standard InChI is InChI=1S/C75H60N2.2C2H6/c1-71(2)57-27-15-17-29-59(57)73(5,6)65-43-69-53(41-63(65)71)51-23-11-19-31-67(51)76(69)47-37-35-45-33-34-46-36-38-48(40-62(46)75(61(45)39-47)55-25-13-9-21-49(55)50-22-10-14-26-56(50)75)77-68-32-20-12-24-52(68)54-42-64-66(44-70(54)77)74(7,8)60-30-18-16-28-58(60)72(64,3)4;2*1-2/h9-44H,1-8H3;2*1-2H3. The molecule has 4 aliphatic carbocycles. The van der Waals surface area contributed by atoms with Crippen LogP contribution in [0, 0.1) is 0 Å². The summed E-state index contributed by atoms with van der Waals surface area (Å²) in [6.45, 7) is 27.4. The number of hydrogen-bond acceptors (Lipinski definition) is 0. The molecule has 0 aliphatic heterocycles. The lowest BCUT2D eigenvalue weighted by molar-refractivity contribution is 0.521. The van der Waals surface area contributed by atoms with Crippen LogP contribution in [0.5, 0.6) is 0 Å². The summed E-state index contributed by atoms with van der Waals surface area (Å²) in [7, 11) is 0. The molecule has 0 saturated carbocycles. The maximum atomic E-state index is 2.57. The van der Waals surface area contributed by atoms with Gasteiger partial charge in [0.1, 0.15) is 0 Å². The SMILES string of the molecule is CC.CC.CC1(C)c2ccccc2C(C)(C)c2cc3c(cc21)c1ccccc1n3-c1ccc2c(c1)C1(c3cc(-n4c5ccccc5c5cc6c(cc54)C(C)(C)c4ccccc4C6(C)C)ccc3C=C2)c2ccccc2-c2ccccc21. The topological polar surface area (TPSA) is 9.86 Å². The summed E-state index contributed by atoms with van der Waals surface area (Å²) in [6, 6.07) is 79.8. The van der Waals surface area contributed by atoms with E-state index in [4.69, 9.17) is 0 Å². The lowest BCUT2D eigenvalue weighted by Crippen LogP contribution is -2.36. The van der Waals surface area contributed by atoms with E-state index in [1.165, 1.54) is 133 Å². The molecule has 2 nitrogen and oxygen atoms in total. The van der Waals surface area contributed by atoms with Crippen molar-refractivity contribution in [3.05, 3.63) is 284 Å². The summed E-state index contributed by atoms with van der Waals surface area (Å²) < 4.78 is 5.14. The van der Waals surface area contributed by atoms with Crippen LogP contribution in [0.2, 0.25) is 0 Å². The normalized spacial score (nSPS) is 16.3. The second kappa shape index (κ2) is 17.8. The predicted molar refractivity (Wildman–Crippen MR) is 345 cm³/mol. The van der Waals surface area contributed by atoms with Gasteiger partial charge in [-0.2, -0.15) is 0 Å². The van der Waals surface area contributed by atoms with E-state index < -0.39 is 5.41 Å². The van der Waals surface area contributed by atoms with Crippen LogP contribution in [0.1, 0.15) is 161 Å². The molecule has 0 fully saturated rings. The van der Waals surface area contributed by atoms with Crippen molar-refractivity contribution >= 4 is 55.8 Å². The van der Waals surface area contributed by atoms with Crippen LogP contribution >= 0.6 is 0 Å². The van der Waals surface area contributed by atoms with Gasteiger partial charge in [0.25, 0.3) is 0 Å². The molecule has 2 aromatic heterocycles. The van der Waals surface area contributed by atoms with Gasteiger partial charge in [-0.1, -0.05) is 241 Å². The molecule has 0 atom stereocenters. The molecule has 0 unspecified atom stereocenters.